The van der Waals surface area contributed by atoms with Crippen molar-refractivity contribution in [3.05, 3.63) is 29.8 Å². The molecule has 1 aromatic carbocycles. The molecule has 0 amide bonds. The molecule has 2 nitrogen and oxygen atoms in total. The maximum Gasteiger partial charge on any atom is 0.0361 e. The van der Waals surface area contributed by atoms with Gasteiger partial charge in [0.25, 0.3) is 0 Å². The molecule has 2 N–H and O–H groups in total. The molecule has 0 radical (unpaired) electrons. The third-order valence-electron chi connectivity index (χ3n) is 2.28. The molecule has 0 bridgehead atoms. The fourth-order valence-electron chi connectivity index (χ4n) is 1.26. The number of anilines is 1. The molecule has 14 heavy (non-hydrogen) atoms. The van der Waals surface area contributed by atoms with Crippen LogP contribution in [0.2, 0.25) is 0 Å². The van der Waals surface area contributed by atoms with Crippen molar-refractivity contribution in [2.75, 3.05) is 19.0 Å². The molecule has 0 heterocycles. The number of hydrogen-bond acceptors (Lipinski definition) is 2. The van der Waals surface area contributed by atoms with Crippen molar-refractivity contribution in [2.24, 2.45) is 5.73 Å². The minimum atomic E-state index is 0. The van der Waals surface area contributed by atoms with Crippen LogP contribution in [0.15, 0.2) is 24.3 Å². The highest BCUT2D eigenvalue weighted by Crippen LogP contribution is 2.17. The minimum Gasteiger partial charge on any atom is -0.378 e. The number of nitrogens with two attached hydrogens (primary N) is 1. The van der Waals surface area contributed by atoms with Crippen molar-refractivity contribution in [3.8, 4) is 0 Å². The fourth-order valence-corrected chi connectivity index (χ4v) is 1.26. The molecule has 80 valence electrons. The first-order chi connectivity index (χ1) is 6.15. The molecule has 0 fully saturated rings. The summed E-state index contributed by atoms with van der Waals surface area (Å²) in [6.45, 7) is 2.10. The van der Waals surface area contributed by atoms with Gasteiger partial charge < -0.3 is 10.6 Å². The summed E-state index contributed by atoms with van der Waals surface area (Å²) in [4.78, 5) is 2.08. The van der Waals surface area contributed by atoms with Gasteiger partial charge in [0.2, 0.25) is 0 Å². The van der Waals surface area contributed by atoms with Gasteiger partial charge in [0, 0.05) is 25.8 Å². The van der Waals surface area contributed by atoms with Crippen LogP contribution in [0, 0.1) is 0 Å². The van der Waals surface area contributed by atoms with Crippen molar-refractivity contribution >= 4 is 18.1 Å². The summed E-state index contributed by atoms with van der Waals surface area (Å²) in [6.07, 6.45) is 0.987. The molecular weight excluding hydrogens is 196 g/mol. The zero-order valence-corrected chi connectivity index (χ0v) is 9.84. The Bertz CT molecular complexity index is 256. The van der Waals surface area contributed by atoms with Crippen LogP contribution in [0.25, 0.3) is 0 Å². The van der Waals surface area contributed by atoms with E-state index in [1.54, 1.807) is 0 Å². The first kappa shape index (κ1) is 13.3. The highest BCUT2D eigenvalue weighted by atomic mass is 35.5. The summed E-state index contributed by atoms with van der Waals surface area (Å²) in [5.41, 5.74) is 8.34. The Morgan fingerprint density at radius 2 is 1.71 bits per heavy atom. The smallest absolute Gasteiger partial charge is 0.0361 e. The van der Waals surface area contributed by atoms with Crippen molar-refractivity contribution in [3.63, 3.8) is 0 Å². The number of benzene rings is 1. The molecule has 3 heteroatoms. The second-order valence-corrected chi connectivity index (χ2v) is 3.50. The van der Waals surface area contributed by atoms with Crippen molar-refractivity contribution < 1.29 is 0 Å². The largest absolute Gasteiger partial charge is 0.378 e. The lowest BCUT2D eigenvalue weighted by atomic mass is 10.1. The Morgan fingerprint density at radius 1 is 1.21 bits per heavy atom. The van der Waals surface area contributed by atoms with Gasteiger partial charge in [0.05, 0.1) is 0 Å². The second-order valence-electron chi connectivity index (χ2n) is 3.50. The summed E-state index contributed by atoms with van der Waals surface area (Å²) in [7, 11) is 4.07. The third-order valence-corrected chi connectivity index (χ3v) is 2.28. The van der Waals surface area contributed by atoms with E-state index in [9.17, 15) is 0 Å². The lowest BCUT2D eigenvalue weighted by Crippen LogP contribution is -2.11. The van der Waals surface area contributed by atoms with E-state index in [1.807, 2.05) is 14.1 Å². The fraction of sp³-hybridized carbons (Fsp3) is 0.455. The van der Waals surface area contributed by atoms with Crippen LogP contribution in [0.3, 0.4) is 0 Å². The molecule has 0 aliphatic carbocycles. The van der Waals surface area contributed by atoms with Gasteiger partial charge in [-0.1, -0.05) is 19.1 Å². The third kappa shape index (κ3) is 3.20. The Balaban J connectivity index is 0.00000169. The van der Waals surface area contributed by atoms with E-state index in [2.05, 4.69) is 36.1 Å². The van der Waals surface area contributed by atoms with Crippen LogP contribution in [0.4, 0.5) is 5.69 Å². The lowest BCUT2D eigenvalue weighted by Gasteiger charge is -2.14. The Kier molecular flexibility index (Phi) is 5.58. The van der Waals surface area contributed by atoms with Crippen molar-refractivity contribution in [2.45, 2.75) is 19.4 Å². The van der Waals surface area contributed by atoms with Gasteiger partial charge in [-0.05, 0) is 24.1 Å². The standard InChI is InChI=1S/C11H18N2.ClH/c1-4-11(12)9-5-7-10(8-6-9)13(2)3;/h5-8,11H,4,12H2,1-3H3;1H/t11-;/m0./s1. The van der Waals surface area contributed by atoms with Gasteiger partial charge in [-0.2, -0.15) is 0 Å². The quantitative estimate of drug-likeness (QED) is 0.838. The Hall–Kier alpha value is -0.730. The molecule has 1 rings (SSSR count). The second kappa shape index (κ2) is 5.89. The Morgan fingerprint density at radius 3 is 2.07 bits per heavy atom. The lowest BCUT2D eigenvalue weighted by molar-refractivity contribution is 0.699. The average molecular weight is 215 g/mol. The van der Waals surface area contributed by atoms with E-state index in [1.165, 1.54) is 11.3 Å². The first-order valence-electron chi connectivity index (χ1n) is 4.68. The molecular formula is C11H19ClN2. The molecule has 1 aromatic rings. The van der Waals surface area contributed by atoms with Crippen molar-refractivity contribution in [1.29, 1.82) is 0 Å². The SMILES string of the molecule is CC[C@H](N)c1ccc(N(C)C)cc1.Cl. The summed E-state index contributed by atoms with van der Waals surface area (Å²) >= 11 is 0. The number of halogens is 1. The summed E-state index contributed by atoms with van der Waals surface area (Å²) in [5, 5.41) is 0. The maximum atomic E-state index is 5.91. The summed E-state index contributed by atoms with van der Waals surface area (Å²) in [5.74, 6) is 0. The van der Waals surface area contributed by atoms with E-state index in [4.69, 9.17) is 5.73 Å². The van der Waals surface area contributed by atoms with Gasteiger partial charge in [-0.25, -0.2) is 0 Å². The predicted molar refractivity (Wildman–Crippen MR) is 65.2 cm³/mol. The van der Waals surface area contributed by atoms with E-state index >= 15 is 0 Å². The number of nitrogens with zero attached hydrogens (tertiary/aromatic N) is 1. The predicted octanol–water partition coefficient (Wildman–Crippen LogP) is 2.58. The molecule has 0 aliphatic rings. The normalized spacial score (nSPS) is 11.7. The van der Waals surface area contributed by atoms with E-state index < -0.39 is 0 Å². The van der Waals surface area contributed by atoms with Gasteiger partial charge >= 0.3 is 0 Å². The summed E-state index contributed by atoms with van der Waals surface area (Å²) in [6, 6.07) is 8.58. The molecule has 0 unspecified atom stereocenters. The number of rotatable bonds is 3. The van der Waals surface area contributed by atoms with Crippen LogP contribution >= 0.6 is 12.4 Å². The molecule has 0 aliphatic heterocycles. The maximum absolute atomic E-state index is 5.91. The van der Waals surface area contributed by atoms with Crippen LogP contribution < -0.4 is 10.6 Å². The topological polar surface area (TPSA) is 29.3 Å². The minimum absolute atomic E-state index is 0. The van der Waals surface area contributed by atoms with Crippen LogP contribution in [-0.2, 0) is 0 Å². The van der Waals surface area contributed by atoms with E-state index in [-0.39, 0.29) is 18.4 Å². The number of hydrogen-bond donors (Lipinski definition) is 1. The highest BCUT2D eigenvalue weighted by Gasteiger charge is 2.02. The van der Waals surface area contributed by atoms with E-state index in [0.29, 0.717) is 0 Å². The zero-order chi connectivity index (χ0) is 9.84. The zero-order valence-electron chi connectivity index (χ0n) is 9.03. The monoisotopic (exact) mass is 214 g/mol. The van der Waals surface area contributed by atoms with Gasteiger partial charge in [0.15, 0.2) is 0 Å². The molecule has 1 atom stereocenters. The molecule has 0 spiro atoms. The van der Waals surface area contributed by atoms with Crippen molar-refractivity contribution in [1.82, 2.24) is 0 Å². The van der Waals surface area contributed by atoms with Crippen LogP contribution in [0.1, 0.15) is 24.9 Å². The van der Waals surface area contributed by atoms with Crippen LogP contribution in [-0.4, -0.2) is 14.1 Å². The molecule has 0 aromatic heterocycles. The van der Waals surface area contributed by atoms with Gasteiger partial charge in [-0.3, -0.25) is 0 Å². The molecule has 0 saturated carbocycles. The van der Waals surface area contributed by atoms with Gasteiger partial charge in [-0.15, -0.1) is 12.4 Å². The van der Waals surface area contributed by atoms with Crippen LogP contribution in [0.5, 0.6) is 0 Å². The highest BCUT2D eigenvalue weighted by molar-refractivity contribution is 5.85. The molecule has 0 saturated heterocycles. The average Bonchev–Trinajstić information content (AvgIpc) is 2.17. The van der Waals surface area contributed by atoms with E-state index in [0.717, 1.165) is 6.42 Å². The first-order valence-corrected chi connectivity index (χ1v) is 4.68. The Labute approximate surface area is 92.5 Å². The van der Waals surface area contributed by atoms with Gasteiger partial charge in [0.1, 0.15) is 0 Å². The summed E-state index contributed by atoms with van der Waals surface area (Å²) < 4.78 is 0.